The summed E-state index contributed by atoms with van der Waals surface area (Å²) >= 11 is 0. The van der Waals surface area contributed by atoms with E-state index in [9.17, 15) is 4.39 Å². The summed E-state index contributed by atoms with van der Waals surface area (Å²) in [5, 5.41) is 13.0. The average Bonchev–Trinajstić information content (AvgIpc) is 3.21. The monoisotopic (exact) mass is 410 g/mol. The first kappa shape index (κ1) is 19.4. The molecule has 0 unspecified atom stereocenters. The molecule has 2 heterocycles. The van der Waals surface area contributed by atoms with E-state index in [1.54, 1.807) is 40.9 Å². The van der Waals surface area contributed by atoms with E-state index in [4.69, 9.17) is 18.9 Å². The highest BCUT2D eigenvalue weighted by Crippen LogP contribution is 2.40. The van der Waals surface area contributed by atoms with Gasteiger partial charge in [-0.3, -0.25) is 0 Å². The van der Waals surface area contributed by atoms with Gasteiger partial charge in [0.25, 0.3) is 0 Å². The lowest BCUT2D eigenvalue weighted by Gasteiger charge is -2.13. The molecule has 8 nitrogen and oxygen atoms in total. The van der Waals surface area contributed by atoms with Crippen LogP contribution in [0.2, 0.25) is 0 Å². The molecule has 0 aliphatic rings. The molecular weight excluding hydrogens is 391 g/mol. The van der Waals surface area contributed by atoms with Crippen LogP contribution in [0.1, 0.15) is 0 Å². The summed E-state index contributed by atoms with van der Waals surface area (Å²) in [6.45, 7) is 0. The molecule has 0 saturated carbocycles. The molecule has 0 atom stereocenters. The van der Waals surface area contributed by atoms with Gasteiger partial charge in [-0.15, -0.1) is 10.2 Å². The van der Waals surface area contributed by atoms with Gasteiger partial charge >= 0.3 is 0 Å². The minimum Gasteiger partial charge on any atom is -0.494 e. The number of nitrogens with zero attached hydrogens (tertiary/aromatic N) is 4. The second kappa shape index (κ2) is 7.86. The van der Waals surface area contributed by atoms with Crippen molar-refractivity contribution in [1.29, 1.82) is 0 Å². The minimum absolute atomic E-state index is 0.169. The van der Waals surface area contributed by atoms with Crippen molar-refractivity contribution < 1.29 is 23.3 Å². The number of hydrogen-bond donors (Lipinski definition) is 0. The minimum atomic E-state index is -0.467. The number of methoxy groups -OCH3 is 4. The third kappa shape index (κ3) is 3.24. The van der Waals surface area contributed by atoms with E-state index in [0.29, 0.717) is 45.5 Å². The molecule has 0 spiro atoms. The number of hydrogen-bond acceptors (Lipinski definition) is 7. The predicted molar refractivity (Wildman–Crippen MR) is 108 cm³/mol. The standard InChI is InChI=1S/C21H19FN4O4/c1-27-16-7-5-12(9-14(16)22)15-6-8-19-23-24-21(26(19)25-15)13-10-17(28-2)20(30-4)18(11-13)29-3/h5-11H,1-4H3. The van der Waals surface area contributed by atoms with Crippen LogP contribution in [-0.2, 0) is 0 Å². The van der Waals surface area contributed by atoms with Gasteiger partial charge in [-0.05, 0) is 42.5 Å². The molecule has 9 heteroatoms. The van der Waals surface area contributed by atoms with Gasteiger partial charge in [0.2, 0.25) is 5.75 Å². The predicted octanol–water partition coefficient (Wildman–Crippen LogP) is 3.63. The highest BCUT2D eigenvalue weighted by molar-refractivity contribution is 5.69. The van der Waals surface area contributed by atoms with Crippen molar-refractivity contribution in [2.75, 3.05) is 28.4 Å². The van der Waals surface area contributed by atoms with Gasteiger partial charge in [-0.1, -0.05) is 0 Å². The largest absolute Gasteiger partial charge is 0.494 e. The highest BCUT2D eigenvalue weighted by Gasteiger charge is 2.18. The number of halogens is 1. The summed E-state index contributed by atoms with van der Waals surface area (Å²) in [6, 6.07) is 11.7. The summed E-state index contributed by atoms with van der Waals surface area (Å²) in [7, 11) is 6.03. The summed E-state index contributed by atoms with van der Waals surface area (Å²) in [6.07, 6.45) is 0. The molecule has 4 rings (SSSR count). The fourth-order valence-electron chi connectivity index (χ4n) is 3.16. The van der Waals surface area contributed by atoms with E-state index >= 15 is 0 Å². The first-order valence-corrected chi connectivity index (χ1v) is 8.96. The lowest BCUT2D eigenvalue weighted by Crippen LogP contribution is -2.00. The maximum absolute atomic E-state index is 14.1. The third-order valence-electron chi connectivity index (χ3n) is 4.63. The van der Waals surface area contributed by atoms with E-state index in [1.165, 1.54) is 34.5 Å². The Morgan fingerprint density at radius 1 is 0.733 bits per heavy atom. The summed E-state index contributed by atoms with van der Waals surface area (Å²) in [5.41, 5.74) is 2.36. The maximum atomic E-state index is 14.1. The van der Waals surface area contributed by atoms with Gasteiger partial charge in [0, 0.05) is 11.1 Å². The summed E-state index contributed by atoms with van der Waals surface area (Å²) in [4.78, 5) is 0. The van der Waals surface area contributed by atoms with Crippen LogP contribution in [0.3, 0.4) is 0 Å². The van der Waals surface area contributed by atoms with Crippen LogP contribution >= 0.6 is 0 Å². The van der Waals surface area contributed by atoms with E-state index < -0.39 is 5.82 Å². The zero-order valence-corrected chi connectivity index (χ0v) is 16.8. The van der Waals surface area contributed by atoms with Gasteiger partial charge in [0.15, 0.2) is 34.5 Å². The van der Waals surface area contributed by atoms with E-state index in [2.05, 4.69) is 15.3 Å². The lowest BCUT2D eigenvalue weighted by atomic mass is 10.1. The van der Waals surface area contributed by atoms with E-state index in [0.717, 1.165) is 0 Å². The molecule has 0 bridgehead atoms. The van der Waals surface area contributed by atoms with Gasteiger partial charge in [0.05, 0.1) is 34.1 Å². The highest BCUT2D eigenvalue weighted by atomic mass is 19.1. The molecule has 2 aromatic carbocycles. The van der Waals surface area contributed by atoms with E-state index in [-0.39, 0.29) is 5.75 Å². The summed E-state index contributed by atoms with van der Waals surface area (Å²) < 4.78 is 36.9. The van der Waals surface area contributed by atoms with Crippen LogP contribution < -0.4 is 18.9 Å². The molecule has 2 aromatic heterocycles. The molecule has 4 aromatic rings. The fraction of sp³-hybridized carbons (Fsp3) is 0.190. The molecule has 0 aliphatic carbocycles. The van der Waals surface area contributed by atoms with Gasteiger partial charge in [-0.25, -0.2) is 4.39 Å². The molecule has 0 aliphatic heterocycles. The Hall–Kier alpha value is -3.88. The number of ether oxygens (including phenoxy) is 4. The molecule has 30 heavy (non-hydrogen) atoms. The Morgan fingerprint density at radius 3 is 2.03 bits per heavy atom. The Bertz CT molecular complexity index is 1200. The normalized spacial score (nSPS) is 10.8. The molecule has 154 valence electrons. The van der Waals surface area contributed by atoms with Gasteiger partial charge in [-0.2, -0.15) is 9.61 Å². The smallest absolute Gasteiger partial charge is 0.203 e. The molecule has 0 fully saturated rings. The van der Waals surface area contributed by atoms with Crippen molar-refractivity contribution in [2.45, 2.75) is 0 Å². The zero-order valence-electron chi connectivity index (χ0n) is 16.8. The SMILES string of the molecule is COc1ccc(-c2ccc3nnc(-c4cc(OC)c(OC)c(OC)c4)n3n2)cc1F. The van der Waals surface area contributed by atoms with Crippen molar-refractivity contribution in [3.63, 3.8) is 0 Å². The number of fused-ring (bicyclic) bond motifs is 1. The molecular formula is C21H19FN4O4. The molecule has 0 amide bonds. The van der Waals surface area contributed by atoms with Crippen molar-refractivity contribution in [2.24, 2.45) is 0 Å². The number of aromatic nitrogens is 4. The van der Waals surface area contributed by atoms with Crippen LogP contribution in [0, 0.1) is 5.82 Å². The van der Waals surface area contributed by atoms with Crippen LogP contribution in [0.4, 0.5) is 4.39 Å². The zero-order chi connectivity index (χ0) is 21.3. The maximum Gasteiger partial charge on any atom is 0.203 e. The number of rotatable bonds is 6. The van der Waals surface area contributed by atoms with Crippen LogP contribution in [0.5, 0.6) is 23.0 Å². The van der Waals surface area contributed by atoms with Crippen molar-refractivity contribution in [1.82, 2.24) is 19.8 Å². The fourth-order valence-corrected chi connectivity index (χ4v) is 3.16. The lowest BCUT2D eigenvalue weighted by molar-refractivity contribution is 0.324. The first-order chi connectivity index (χ1) is 14.6. The quantitative estimate of drug-likeness (QED) is 0.480. The Morgan fingerprint density at radius 2 is 1.43 bits per heavy atom. The van der Waals surface area contributed by atoms with Crippen LogP contribution in [0.15, 0.2) is 42.5 Å². The topological polar surface area (TPSA) is 80.0 Å². The first-order valence-electron chi connectivity index (χ1n) is 8.96. The van der Waals surface area contributed by atoms with Gasteiger partial charge < -0.3 is 18.9 Å². The second-order valence-electron chi connectivity index (χ2n) is 6.28. The van der Waals surface area contributed by atoms with E-state index in [1.807, 2.05) is 0 Å². The molecule has 0 N–H and O–H groups in total. The Balaban J connectivity index is 1.86. The Kier molecular flexibility index (Phi) is 5.09. The van der Waals surface area contributed by atoms with Crippen molar-refractivity contribution >= 4 is 5.65 Å². The van der Waals surface area contributed by atoms with Crippen molar-refractivity contribution in [3.05, 3.63) is 48.3 Å². The Labute approximate surface area is 171 Å². The molecule has 0 radical (unpaired) electrons. The van der Waals surface area contributed by atoms with Gasteiger partial charge in [0.1, 0.15) is 0 Å². The summed E-state index contributed by atoms with van der Waals surface area (Å²) in [5.74, 6) is 1.61. The second-order valence-corrected chi connectivity index (χ2v) is 6.28. The third-order valence-corrected chi connectivity index (χ3v) is 4.63. The van der Waals surface area contributed by atoms with Crippen LogP contribution in [0.25, 0.3) is 28.3 Å². The van der Waals surface area contributed by atoms with Crippen LogP contribution in [-0.4, -0.2) is 48.3 Å². The number of benzene rings is 2. The molecule has 0 saturated heterocycles. The average molecular weight is 410 g/mol. The van der Waals surface area contributed by atoms with Crippen molar-refractivity contribution in [3.8, 4) is 45.6 Å².